The number of nitrogens with one attached hydrogen (secondary N) is 2. The number of aliphatic imine (C=N–C) groups is 1. The maximum absolute atomic E-state index is 11.7. The number of aliphatic carboxylic acids is 1. The summed E-state index contributed by atoms with van der Waals surface area (Å²) in [6.45, 7) is 5.53. The average molecular weight is 1110 g/mol. The van der Waals surface area contributed by atoms with E-state index in [9.17, 15) is 38.5 Å². The van der Waals surface area contributed by atoms with E-state index in [0.717, 1.165) is 5.56 Å². The van der Waals surface area contributed by atoms with E-state index < -0.39 is 58.6 Å². The highest BCUT2D eigenvalue weighted by Gasteiger charge is 2.36. The van der Waals surface area contributed by atoms with Gasteiger partial charge in [-0.3, -0.25) is 28.9 Å². The van der Waals surface area contributed by atoms with Crippen LogP contribution in [0.1, 0.15) is 71.1 Å². The van der Waals surface area contributed by atoms with Crippen molar-refractivity contribution in [3.8, 4) is 0 Å². The number of nitrogen functional groups attached to an aromatic ring is 2. The minimum Gasteiger partial charge on any atom is -0.480 e. The van der Waals surface area contributed by atoms with E-state index in [-0.39, 0.29) is 56.3 Å². The number of rotatable bonds is 20. The van der Waals surface area contributed by atoms with E-state index in [1.807, 2.05) is 6.26 Å². The number of aliphatic hydroxyl groups excluding tert-OH is 1. The number of nitrogens with zero attached hydrogens (tertiary/aromatic N) is 6. The van der Waals surface area contributed by atoms with Crippen molar-refractivity contribution in [2.24, 2.45) is 10.7 Å². The summed E-state index contributed by atoms with van der Waals surface area (Å²) in [7, 11) is -1.68. The maximum Gasteiger partial charge on any atom is 0.469 e. The zero-order chi connectivity index (χ0) is 55.1. The van der Waals surface area contributed by atoms with Crippen LogP contribution in [0.4, 0.5) is 21.1 Å². The molecule has 2 aromatic heterocycles. The van der Waals surface area contributed by atoms with Crippen LogP contribution in [0.5, 0.6) is 0 Å². The number of ether oxygens (including phenoxy) is 4. The first-order valence-electron chi connectivity index (χ1n) is 21.6. The molecule has 0 aliphatic carbocycles. The number of hydrogen-bond acceptors (Lipinski definition) is 23. The van der Waals surface area contributed by atoms with Crippen molar-refractivity contribution in [2.75, 3.05) is 44.5 Å². The first-order chi connectivity index (χ1) is 34.5. The number of amides is 3. The Morgan fingerprint density at radius 1 is 1.08 bits per heavy atom. The number of carbonyl (C=O) groups is 4. The molecule has 6 atom stereocenters. The van der Waals surface area contributed by atoms with E-state index in [1.165, 1.54) is 29.5 Å². The highest BCUT2D eigenvalue weighted by molar-refractivity contribution is 8.68. The normalized spacial score (nSPS) is 18.8. The third kappa shape index (κ3) is 27.6. The first-order valence-corrected chi connectivity index (χ1v) is 26.1. The molecule has 3 amide bonds. The van der Waals surface area contributed by atoms with E-state index in [2.05, 4.69) is 46.8 Å². The van der Waals surface area contributed by atoms with Gasteiger partial charge in [0.1, 0.15) is 48.3 Å². The molecule has 2 saturated heterocycles. The molecule has 0 saturated carbocycles. The Morgan fingerprint density at radius 3 is 2.36 bits per heavy atom. The van der Waals surface area contributed by atoms with Gasteiger partial charge >= 0.3 is 34.7 Å². The van der Waals surface area contributed by atoms with Crippen LogP contribution in [0.25, 0.3) is 11.2 Å². The van der Waals surface area contributed by atoms with Crippen molar-refractivity contribution in [1.82, 2.24) is 35.1 Å². The third-order valence-corrected chi connectivity index (χ3v) is 10.1. The number of unbranched alkanes of at least 4 members (excludes halogenated alkanes) is 1. The molecule has 73 heavy (non-hydrogen) atoms. The van der Waals surface area contributed by atoms with Gasteiger partial charge in [0.25, 0.3) is 0 Å². The largest absolute Gasteiger partial charge is 0.480 e. The van der Waals surface area contributed by atoms with Gasteiger partial charge in [-0.05, 0) is 82.9 Å². The maximum atomic E-state index is 11.7. The number of nitrogens with two attached hydrogens (primary N) is 3. The number of imidazole rings is 1. The van der Waals surface area contributed by atoms with Gasteiger partial charge in [-0.1, -0.05) is 12.1 Å². The molecule has 29 nitrogen and oxygen atoms in total. The molecule has 410 valence electrons. The Hall–Kier alpha value is -5.27. The molecule has 0 radical (unpaired) electrons. The molecule has 33 heteroatoms. The summed E-state index contributed by atoms with van der Waals surface area (Å²) in [5.74, 6) is -0.792. The van der Waals surface area contributed by atoms with E-state index in [0.29, 0.717) is 61.9 Å². The van der Waals surface area contributed by atoms with E-state index in [4.69, 9.17) is 61.0 Å². The van der Waals surface area contributed by atoms with Crippen molar-refractivity contribution in [1.29, 1.82) is 0 Å². The lowest BCUT2D eigenvalue weighted by Gasteiger charge is -2.22. The SMILES string of the molecule is CC(C)(C)OC(=O)NC(CCCCNC(=O)OCc1ccc(N)cc1)C(=O)O.CN(/C=C\C(N)=NC=O)C1CCC(COP(=O)(O)O)O1.CSS.Nc1ncnc2c1ncn2C1OC(COP=O)C[C@H]1O.OO. The van der Waals surface area contributed by atoms with Crippen molar-refractivity contribution >= 4 is 92.0 Å². The van der Waals surface area contributed by atoms with E-state index in [1.54, 1.807) is 67.8 Å². The smallest absolute Gasteiger partial charge is 0.469 e. The van der Waals surface area contributed by atoms with Gasteiger partial charge in [-0.15, -0.1) is 22.5 Å². The standard InChI is InChI=1S/C19H29N3O6.C10H12N5O4P.C10H18N3O6P.CH4S2.H2O2/c1-19(2,3)28-18(26)22-15(16(23)24)6-4-5-11-21-17(25)27-12-13-7-9-14(20)10-8-13;11-8-7-9(13-3-12-8)15(4-14-7)10-6(16)1-5(19-10)2-18-20-17;1-13(5-4-9(11)12-7-14)10-3-2-8(19-10)6-18-20(15,16)17;1-3-2;1-2/h7-10,15H,4-6,11-12,20H2,1-3H3,(H,21,25)(H,22,26)(H,23,24);3-6,10,16H,1-2H2,(H2,11,12,13);4-5,7-8,10H,2-3,6H2,1H3,(H2,11,12,14)(H2,15,16,17);2H,1H3;1-2H/b;;5-4-;;/t;5?,6-,10?;;;/m.1.../s1. The van der Waals surface area contributed by atoms with Crippen LogP contribution in [0.2, 0.25) is 0 Å². The van der Waals surface area contributed by atoms with Gasteiger partial charge in [0, 0.05) is 31.9 Å². The van der Waals surface area contributed by atoms with Gasteiger partial charge in [0.2, 0.25) is 6.41 Å². The molecule has 0 spiro atoms. The number of amidine groups is 1. The number of fused-ring (bicyclic) bond motifs is 1. The van der Waals surface area contributed by atoms with Gasteiger partial charge in [-0.25, -0.2) is 38.5 Å². The lowest BCUT2D eigenvalue weighted by atomic mass is 10.1. The Bertz CT molecular complexity index is 2240. The summed E-state index contributed by atoms with van der Waals surface area (Å²) in [5, 5.41) is 36.2. The monoisotopic (exact) mass is 1110 g/mol. The molecule has 2 aliphatic rings. The fraction of sp³-hybridized carbons (Fsp3) is 0.550. The Morgan fingerprint density at radius 2 is 1.75 bits per heavy atom. The van der Waals surface area contributed by atoms with Crippen LogP contribution in [-0.2, 0) is 53.3 Å². The van der Waals surface area contributed by atoms with Crippen LogP contribution in [0.15, 0.2) is 54.2 Å². The van der Waals surface area contributed by atoms with E-state index >= 15 is 0 Å². The summed E-state index contributed by atoms with van der Waals surface area (Å²) in [4.78, 5) is 79.0. The number of thiol groups is 1. The Kier molecular flexibility index (Phi) is 31.5. The Labute approximate surface area is 430 Å². The van der Waals surface area contributed by atoms with Crippen molar-refractivity contribution in [2.45, 2.75) is 108 Å². The number of carboxylic acid groups (broad SMARTS) is 1. The molecular weight excluding hydrogens is 1050 g/mol. The topological polar surface area (TPSA) is 441 Å². The number of carbonyl (C=O) groups excluding carboxylic acids is 3. The van der Waals surface area contributed by atoms with Crippen molar-refractivity contribution in [3.63, 3.8) is 0 Å². The molecule has 0 bridgehead atoms. The fourth-order valence-corrected chi connectivity index (χ4v) is 6.71. The molecule has 4 heterocycles. The van der Waals surface area contributed by atoms with Gasteiger partial charge in [0.05, 0.1) is 31.7 Å². The molecule has 1 aromatic carbocycles. The summed E-state index contributed by atoms with van der Waals surface area (Å²) in [5.41, 5.74) is 18.4. The lowest BCUT2D eigenvalue weighted by molar-refractivity contribution is -0.176. The molecule has 14 N–H and O–H groups in total. The second-order valence-electron chi connectivity index (χ2n) is 16.1. The number of carboxylic acids is 1. The molecule has 3 aromatic rings. The summed E-state index contributed by atoms with van der Waals surface area (Å²) in [6.07, 6.45) is 7.42. The summed E-state index contributed by atoms with van der Waals surface area (Å²) >= 11 is 3.71. The van der Waals surface area contributed by atoms with Gasteiger partial charge in [-0.2, -0.15) is 4.99 Å². The van der Waals surface area contributed by atoms with Crippen LogP contribution in [0.3, 0.4) is 0 Å². The predicted octanol–water partition coefficient (Wildman–Crippen LogP) is 3.69. The van der Waals surface area contributed by atoms with Crippen LogP contribution in [-0.4, -0.2) is 155 Å². The second-order valence-corrected chi connectivity index (χ2v) is 19.2. The highest BCUT2D eigenvalue weighted by Crippen LogP contribution is 2.37. The third-order valence-electron chi connectivity index (χ3n) is 9.32. The predicted molar refractivity (Wildman–Crippen MR) is 270 cm³/mol. The number of phosphoric acid groups is 1. The summed E-state index contributed by atoms with van der Waals surface area (Å²) < 4.78 is 53.0. The zero-order valence-electron chi connectivity index (χ0n) is 40.5. The number of alkyl carbamates (subject to hydrolysis) is 2. The second kappa shape index (κ2) is 35.0. The summed E-state index contributed by atoms with van der Waals surface area (Å²) in [6, 6.07) is 5.94. The van der Waals surface area contributed by atoms with Crippen molar-refractivity contribution < 1.29 is 86.8 Å². The van der Waals surface area contributed by atoms with Crippen LogP contribution in [0, 0.1) is 0 Å². The highest BCUT2D eigenvalue weighted by atomic mass is 33.1. The molecule has 5 unspecified atom stereocenters. The molecule has 2 fully saturated rings. The molecule has 5 rings (SSSR count). The van der Waals surface area contributed by atoms with Crippen LogP contribution < -0.4 is 27.8 Å². The first kappa shape index (κ1) is 65.7. The average Bonchev–Trinajstić information content (AvgIpc) is 4.08. The minimum absolute atomic E-state index is 0.0752. The minimum atomic E-state index is -4.47. The number of hydrogen-bond donors (Lipinski definition) is 12. The molecule has 2 aliphatic heterocycles. The quantitative estimate of drug-likeness (QED) is 0.00733. The number of aromatic nitrogens is 4. The van der Waals surface area contributed by atoms with Gasteiger partial charge in [0.15, 0.2) is 17.7 Å². The lowest BCUT2D eigenvalue weighted by Crippen LogP contribution is -2.43. The number of aliphatic hydroxyl groups is 1. The van der Waals surface area contributed by atoms with Crippen LogP contribution >= 0.6 is 39.0 Å². The Balaban J connectivity index is 0.000000532. The fourth-order valence-electron chi connectivity index (χ4n) is 6.13. The zero-order valence-corrected chi connectivity index (χ0v) is 44.0. The number of phosphoric ester groups is 1. The number of benzene rings is 1. The molecular formula is C40H65N11O18P2S2. The number of anilines is 2. The van der Waals surface area contributed by atoms with Crippen molar-refractivity contribution in [3.05, 3.63) is 54.8 Å². The van der Waals surface area contributed by atoms with Gasteiger partial charge < -0.3 is 71.7 Å².